The number of nitrogens with two attached hydrogens (primary N) is 1. The maximum absolute atomic E-state index is 11.4. The Hall–Kier alpha value is -5.48. The van der Waals surface area contributed by atoms with Crippen molar-refractivity contribution in [2.75, 3.05) is 5.73 Å². The number of non-ortho nitro benzene ring substituents is 1. The van der Waals surface area contributed by atoms with E-state index in [4.69, 9.17) is 5.73 Å². The number of nitro groups is 1. The van der Waals surface area contributed by atoms with E-state index in [1.807, 2.05) is 60.7 Å². The quantitative estimate of drug-likeness (QED) is 0.102. The molecule has 0 unspecified atom stereocenters. The molecule has 0 saturated carbocycles. The normalized spacial score (nSPS) is 11.3. The van der Waals surface area contributed by atoms with Gasteiger partial charge in [-0.15, -0.1) is 0 Å². The Labute approximate surface area is 230 Å². The minimum atomic E-state index is -0.302. The zero-order valence-corrected chi connectivity index (χ0v) is 21.5. The molecule has 0 radical (unpaired) electrons. The molecule has 0 saturated heterocycles. The third-order valence-electron chi connectivity index (χ3n) is 7.74. The second-order valence-corrected chi connectivity index (χ2v) is 9.97. The summed E-state index contributed by atoms with van der Waals surface area (Å²) in [5.74, 6) is 0. The molecule has 0 heterocycles. The van der Waals surface area contributed by atoms with Crippen molar-refractivity contribution < 1.29 is 4.92 Å². The third-order valence-corrected chi connectivity index (χ3v) is 7.74. The lowest BCUT2D eigenvalue weighted by molar-refractivity contribution is -0.382. The topological polar surface area (TPSA) is 69.2 Å². The average molecular weight is 517 g/mol. The van der Waals surface area contributed by atoms with Crippen molar-refractivity contribution in [2.45, 2.75) is 0 Å². The van der Waals surface area contributed by atoms with E-state index in [-0.39, 0.29) is 10.6 Å². The lowest BCUT2D eigenvalue weighted by atomic mass is 9.96. The first-order valence-corrected chi connectivity index (χ1v) is 13.2. The van der Waals surface area contributed by atoms with Crippen LogP contribution in [0.15, 0.2) is 133 Å². The molecule has 8 aromatic carbocycles. The van der Waals surface area contributed by atoms with E-state index in [0.717, 1.165) is 38.0 Å². The second kappa shape index (κ2) is 9.37. The highest BCUT2D eigenvalue weighted by Gasteiger charge is 2.15. The molecule has 0 amide bonds. The first-order chi connectivity index (χ1) is 19.6. The van der Waals surface area contributed by atoms with Crippen LogP contribution in [-0.2, 0) is 0 Å². The van der Waals surface area contributed by atoms with Crippen LogP contribution < -0.4 is 5.73 Å². The minimum absolute atomic E-state index is 0.162. The fraction of sp³-hybridized carbons (Fsp3) is 0. The Balaban J connectivity index is 0.000000133. The average Bonchev–Trinajstić information content (AvgIpc) is 3.01. The summed E-state index contributed by atoms with van der Waals surface area (Å²) in [4.78, 5) is 11.1. The molecule has 40 heavy (non-hydrogen) atoms. The van der Waals surface area contributed by atoms with Gasteiger partial charge in [-0.3, -0.25) is 10.1 Å². The molecule has 2 N–H and O–H groups in total. The molecule has 0 aromatic heterocycles. The van der Waals surface area contributed by atoms with Gasteiger partial charge in [0.15, 0.2) is 0 Å². The zero-order chi connectivity index (χ0) is 27.2. The number of hydrogen-bond acceptors (Lipinski definition) is 3. The highest BCUT2D eigenvalue weighted by molar-refractivity contribution is 6.21. The smallest absolute Gasteiger partial charge is 0.277 e. The van der Waals surface area contributed by atoms with Crippen LogP contribution in [0, 0.1) is 10.1 Å². The summed E-state index contributed by atoms with van der Waals surface area (Å²) in [6, 6.07) is 44.5. The molecule has 0 aliphatic carbocycles. The summed E-state index contributed by atoms with van der Waals surface area (Å²) in [5.41, 5.74) is 7.22. The van der Waals surface area contributed by atoms with Crippen LogP contribution in [0.4, 0.5) is 11.4 Å². The van der Waals surface area contributed by atoms with Crippen LogP contribution >= 0.6 is 0 Å². The molecule has 0 spiro atoms. The van der Waals surface area contributed by atoms with Crippen LogP contribution in [0.3, 0.4) is 0 Å². The van der Waals surface area contributed by atoms with E-state index in [1.165, 1.54) is 26.9 Å². The van der Waals surface area contributed by atoms with Gasteiger partial charge < -0.3 is 5.73 Å². The summed E-state index contributed by atoms with van der Waals surface area (Å²) in [6.45, 7) is 0. The maximum Gasteiger partial charge on any atom is 0.277 e. The predicted molar refractivity (Wildman–Crippen MR) is 169 cm³/mol. The molecule has 0 bridgehead atoms. The van der Waals surface area contributed by atoms with Gasteiger partial charge in [0.25, 0.3) is 5.69 Å². The van der Waals surface area contributed by atoms with Gasteiger partial charge in [-0.05, 0) is 66.0 Å². The molecule has 0 aliphatic rings. The highest BCUT2D eigenvalue weighted by Crippen LogP contribution is 2.37. The standard InChI is InChI=1S/C18H11NO2.C18H13N/c20-19(21)18-11-17-13-6-2-1-5-12(13)9-10-15(17)14-7-3-4-8-16(14)18;19-18-11-17-13-6-2-1-5-12(13)9-10-15(17)14-7-3-4-8-16(14)18/h1-11H;1-11H,19H2. The first-order valence-electron chi connectivity index (χ1n) is 13.2. The Morgan fingerprint density at radius 1 is 0.425 bits per heavy atom. The Kier molecular flexibility index (Phi) is 5.53. The third kappa shape index (κ3) is 3.77. The number of nitrogens with zero attached hydrogens (tertiary/aromatic N) is 1. The lowest BCUT2D eigenvalue weighted by Gasteiger charge is -2.09. The van der Waals surface area contributed by atoms with Crippen LogP contribution in [-0.4, -0.2) is 4.92 Å². The van der Waals surface area contributed by atoms with E-state index in [1.54, 1.807) is 6.07 Å². The number of fused-ring (bicyclic) bond motifs is 10. The molecular formula is C36H24N2O2. The molecule has 4 nitrogen and oxygen atoms in total. The van der Waals surface area contributed by atoms with Crippen molar-refractivity contribution >= 4 is 76.0 Å². The van der Waals surface area contributed by atoms with Crippen molar-refractivity contribution in [2.24, 2.45) is 0 Å². The van der Waals surface area contributed by atoms with Gasteiger partial charge >= 0.3 is 0 Å². The van der Waals surface area contributed by atoms with E-state index in [0.29, 0.717) is 5.39 Å². The number of nitrogen functional groups attached to an aromatic ring is 1. The fourth-order valence-electron chi connectivity index (χ4n) is 5.88. The van der Waals surface area contributed by atoms with E-state index >= 15 is 0 Å². The summed E-state index contributed by atoms with van der Waals surface area (Å²) in [6.07, 6.45) is 0. The van der Waals surface area contributed by atoms with Gasteiger partial charge in [-0.1, -0.05) is 115 Å². The monoisotopic (exact) mass is 516 g/mol. The van der Waals surface area contributed by atoms with Crippen LogP contribution in [0.2, 0.25) is 0 Å². The zero-order valence-electron chi connectivity index (χ0n) is 21.5. The van der Waals surface area contributed by atoms with Gasteiger partial charge in [0.05, 0.1) is 10.3 Å². The minimum Gasteiger partial charge on any atom is -0.398 e. The molecule has 0 fully saturated rings. The van der Waals surface area contributed by atoms with Gasteiger partial charge in [0.2, 0.25) is 0 Å². The Morgan fingerprint density at radius 2 is 0.825 bits per heavy atom. The van der Waals surface area contributed by atoms with Gasteiger partial charge in [-0.25, -0.2) is 0 Å². The van der Waals surface area contributed by atoms with Crippen LogP contribution in [0.5, 0.6) is 0 Å². The molecule has 8 aromatic rings. The molecule has 190 valence electrons. The van der Waals surface area contributed by atoms with Gasteiger partial charge in [-0.2, -0.15) is 0 Å². The van der Waals surface area contributed by atoms with Crippen molar-refractivity contribution in [1.82, 2.24) is 0 Å². The van der Waals surface area contributed by atoms with Gasteiger partial charge in [0, 0.05) is 17.1 Å². The van der Waals surface area contributed by atoms with Gasteiger partial charge in [0.1, 0.15) is 0 Å². The van der Waals surface area contributed by atoms with E-state index in [9.17, 15) is 10.1 Å². The molecule has 0 atom stereocenters. The SMILES string of the molecule is Nc1cc2c3ccccc3ccc2c2ccccc12.O=[N+]([O-])c1cc2c3ccccc3ccc2c2ccccc12. The van der Waals surface area contributed by atoms with Crippen molar-refractivity contribution in [1.29, 1.82) is 0 Å². The maximum atomic E-state index is 11.4. The number of hydrogen-bond donors (Lipinski definition) is 1. The van der Waals surface area contributed by atoms with Crippen molar-refractivity contribution in [3.05, 3.63) is 144 Å². The number of benzene rings is 8. The summed E-state index contributed by atoms with van der Waals surface area (Å²) >= 11 is 0. The number of nitro benzene ring substituents is 1. The number of anilines is 1. The summed E-state index contributed by atoms with van der Waals surface area (Å²) in [7, 11) is 0. The number of rotatable bonds is 1. The van der Waals surface area contributed by atoms with Crippen molar-refractivity contribution in [3.63, 3.8) is 0 Å². The molecule has 4 heteroatoms. The fourth-order valence-corrected chi connectivity index (χ4v) is 5.88. The van der Waals surface area contributed by atoms with Crippen molar-refractivity contribution in [3.8, 4) is 0 Å². The summed E-state index contributed by atoms with van der Waals surface area (Å²) < 4.78 is 0. The first kappa shape index (κ1) is 23.6. The van der Waals surface area contributed by atoms with E-state index in [2.05, 4.69) is 66.7 Å². The molecule has 8 rings (SSSR count). The van der Waals surface area contributed by atoms with Crippen LogP contribution in [0.1, 0.15) is 0 Å². The van der Waals surface area contributed by atoms with Crippen LogP contribution in [0.25, 0.3) is 64.6 Å². The predicted octanol–water partition coefficient (Wildman–Crippen LogP) is 9.78. The Morgan fingerprint density at radius 3 is 1.38 bits per heavy atom. The second-order valence-electron chi connectivity index (χ2n) is 9.97. The highest BCUT2D eigenvalue weighted by atomic mass is 16.6. The lowest BCUT2D eigenvalue weighted by Crippen LogP contribution is -1.91. The Bertz CT molecular complexity index is 2270. The largest absolute Gasteiger partial charge is 0.398 e. The molecule has 0 aliphatic heterocycles. The summed E-state index contributed by atoms with van der Waals surface area (Å²) in [5, 5.41) is 24.5. The van der Waals surface area contributed by atoms with E-state index < -0.39 is 0 Å². The molecular weight excluding hydrogens is 492 g/mol.